The summed E-state index contributed by atoms with van der Waals surface area (Å²) >= 11 is 0. The molecule has 0 unspecified atom stereocenters. The predicted octanol–water partition coefficient (Wildman–Crippen LogP) is 1.21. The maximum absolute atomic E-state index is 8.63. The summed E-state index contributed by atoms with van der Waals surface area (Å²) in [5.41, 5.74) is 0.615. The smallest absolute Gasteiger partial charge is 0.128 e. The molecule has 1 N–H and O–H groups in total. The molecule has 6 heteroatoms. The Labute approximate surface area is 107 Å². The number of hydrogen-bond acceptors (Lipinski definition) is 4. The Balaban J connectivity index is 0.00000112. The molecule has 1 aromatic rings. The molecule has 0 aromatic carbocycles. The summed E-state index contributed by atoms with van der Waals surface area (Å²) in [6.45, 7) is 3.97. The van der Waals surface area contributed by atoms with E-state index >= 15 is 0 Å². The van der Waals surface area contributed by atoms with Gasteiger partial charge < -0.3 is 10.2 Å². The normalized spacial score (nSPS) is 14.3. The van der Waals surface area contributed by atoms with E-state index < -0.39 is 0 Å². The van der Waals surface area contributed by atoms with Crippen molar-refractivity contribution >= 4 is 30.6 Å². The first-order chi connectivity index (χ1) is 6.90. The first kappa shape index (κ1) is 15.0. The van der Waals surface area contributed by atoms with E-state index in [9.17, 15) is 0 Å². The third-order valence-electron chi connectivity index (χ3n) is 2.32. The zero-order chi connectivity index (χ0) is 9.80. The van der Waals surface area contributed by atoms with Crippen molar-refractivity contribution in [2.45, 2.75) is 0 Å². The average Bonchev–Trinajstić information content (AvgIpc) is 2.30. The summed E-state index contributed by atoms with van der Waals surface area (Å²) in [5, 5.41) is 11.9. The molecule has 1 aliphatic heterocycles. The molecule has 1 fully saturated rings. The number of rotatable bonds is 1. The van der Waals surface area contributed by atoms with Gasteiger partial charge in [-0.15, -0.1) is 24.8 Å². The van der Waals surface area contributed by atoms with Gasteiger partial charge in [-0.2, -0.15) is 5.26 Å². The van der Waals surface area contributed by atoms with Crippen molar-refractivity contribution in [2.24, 2.45) is 0 Å². The molecule has 0 bridgehead atoms. The van der Waals surface area contributed by atoms with Crippen LogP contribution in [-0.2, 0) is 0 Å². The molecule has 0 radical (unpaired) electrons. The van der Waals surface area contributed by atoms with Crippen molar-refractivity contribution in [3.63, 3.8) is 0 Å². The molecule has 16 heavy (non-hydrogen) atoms. The van der Waals surface area contributed by atoms with Gasteiger partial charge in [0.1, 0.15) is 11.9 Å². The maximum Gasteiger partial charge on any atom is 0.128 e. The third-order valence-corrected chi connectivity index (χ3v) is 2.32. The van der Waals surface area contributed by atoms with Crippen molar-refractivity contribution in [2.75, 3.05) is 31.1 Å². The van der Waals surface area contributed by atoms with Gasteiger partial charge in [-0.3, -0.25) is 0 Å². The molecule has 88 valence electrons. The van der Waals surface area contributed by atoms with Crippen LogP contribution < -0.4 is 10.2 Å². The molecule has 0 atom stereocenters. The number of nitrogens with zero attached hydrogens (tertiary/aromatic N) is 3. The topological polar surface area (TPSA) is 52.0 Å². The lowest BCUT2D eigenvalue weighted by Crippen LogP contribution is -2.43. The van der Waals surface area contributed by atoms with E-state index in [-0.39, 0.29) is 24.8 Å². The largest absolute Gasteiger partial charge is 0.354 e. The second kappa shape index (κ2) is 7.29. The molecular weight excluding hydrogens is 247 g/mol. The molecular formula is C10H14Cl2N4. The predicted molar refractivity (Wildman–Crippen MR) is 68.5 cm³/mol. The molecule has 1 aliphatic rings. The van der Waals surface area contributed by atoms with Crippen molar-refractivity contribution in [1.82, 2.24) is 10.3 Å². The number of nitriles is 1. The first-order valence-electron chi connectivity index (χ1n) is 4.72. The highest BCUT2D eigenvalue weighted by Crippen LogP contribution is 2.11. The van der Waals surface area contributed by atoms with Crippen LogP contribution in [0.25, 0.3) is 0 Å². The van der Waals surface area contributed by atoms with Crippen molar-refractivity contribution < 1.29 is 0 Å². The molecule has 0 amide bonds. The van der Waals surface area contributed by atoms with Crippen molar-refractivity contribution in [3.8, 4) is 6.07 Å². The van der Waals surface area contributed by atoms with Crippen molar-refractivity contribution in [1.29, 1.82) is 5.26 Å². The highest BCUT2D eigenvalue weighted by Gasteiger charge is 2.10. The minimum atomic E-state index is 0. The summed E-state index contributed by atoms with van der Waals surface area (Å²) in [6, 6.07) is 5.78. The molecule has 4 nitrogen and oxygen atoms in total. The minimum absolute atomic E-state index is 0. The summed E-state index contributed by atoms with van der Waals surface area (Å²) < 4.78 is 0. The molecule has 2 rings (SSSR count). The van der Waals surface area contributed by atoms with Crippen LogP contribution in [0.4, 0.5) is 5.82 Å². The van der Waals surface area contributed by atoms with Gasteiger partial charge in [0, 0.05) is 32.4 Å². The number of aromatic nitrogens is 1. The molecule has 0 aliphatic carbocycles. The quantitative estimate of drug-likeness (QED) is 0.825. The summed E-state index contributed by atoms with van der Waals surface area (Å²) in [4.78, 5) is 6.47. The Morgan fingerprint density at radius 2 is 1.94 bits per heavy atom. The molecule has 0 spiro atoms. The Morgan fingerprint density at radius 3 is 2.44 bits per heavy atom. The molecule has 1 saturated heterocycles. The summed E-state index contributed by atoms with van der Waals surface area (Å²) in [7, 11) is 0. The van der Waals surface area contributed by atoms with Crippen LogP contribution in [0.15, 0.2) is 18.3 Å². The van der Waals surface area contributed by atoms with Crippen molar-refractivity contribution in [3.05, 3.63) is 23.9 Å². The lowest BCUT2D eigenvalue weighted by molar-refractivity contribution is 0.585. The van der Waals surface area contributed by atoms with Gasteiger partial charge in [-0.1, -0.05) is 0 Å². The van der Waals surface area contributed by atoms with Crippen LogP contribution in [0.2, 0.25) is 0 Å². The fourth-order valence-electron chi connectivity index (χ4n) is 1.53. The number of anilines is 1. The number of halogens is 2. The van der Waals surface area contributed by atoms with Gasteiger partial charge >= 0.3 is 0 Å². The monoisotopic (exact) mass is 260 g/mol. The molecule has 1 aromatic heterocycles. The van der Waals surface area contributed by atoms with E-state index in [1.807, 2.05) is 12.1 Å². The maximum atomic E-state index is 8.63. The zero-order valence-electron chi connectivity index (χ0n) is 8.72. The SMILES string of the molecule is Cl.Cl.N#Cc1ccc(N2CCNCC2)nc1. The van der Waals surface area contributed by atoms with Crippen LogP contribution in [0.1, 0.15) is 5.56 Å². The van der Waals surface area contributed by atoms with E-state index in [1.165, 1.54) is 0 Å². The zero-order valence-corrected chi connectivity index (χ0v) is 10.4. The van der Waals surface area contributed by atoms with Crippen LogP contribution in [0.3, 0.4) is 0 Å². The highest BCUT2D eigenvalue weighted by molar-refractivity contribution is 5.85. The fraction of sp³-hybridized carbons (Fsp3) is 0.400. The number of nitrogens with one attached hydrogen (secondary N) is 1. The second-order valence-electron chi connectivity index (χ2n) is 3.25. The van der Waals surface area contributed by atoms with E-state index in [0.29, 0.717) is 5.56 Å². The molecule has 0 saturated carbocycles. The molecule has 2 heterocycles. The van der Waals surface area contributed by atoms with Gasteiger partial charge in [0.25, 0.3) is 0 Å². The summed E-state index contributed by atoms with van der Waals surface area (Å²) in [5.74, 6) is 0.963. The van der Waals surface area contributed by atoms with Crippen LogP contribution in [0.5, 0.6) is 0 Å². The third kappa shape index (κ3) is 3.53. The Morgan fingerprint density at radius 1 is 1.25 bits per heavy atom. The Hall–Kier alpha value is -1.02. The lowest BCUT2D eigenvalue weighted by Gasteiger charge is -2.28. The van der Waals surface area contributed by atoms with Gasteiger partial charge in [0.15, 0.2) is 0 Å². The summed E-state index contributed by atoms with van der Waals surface area (Å²) in [6.07, 6.45) is 1.62. The van der Waals surface area contributed by atoms with E-state index in [1.54, 1.807) is 6.20 Å². The Bertz CT molecular complexity index is 341. The highest BCUT2D eigenvalue weighted by atomic mass is 35.5. The number of piperazine rings is 1. The van der Waals surface area contributed by atoms with E-state index in [2.05, 4.69) is 21.3 Å². The first-order valence-corrected chi connectivity index (χ1v) is 4.72. The van der Waals surface area contributed by atoms with Crippen LogP contribution in [-0.4, -0.2) is 31.2 Å². The number of pyridine rings is 1. The van der Waals surface area contributed by atoms with Gasteiger partial charge in [-0.05, 0) is 12.1 Å². The second-order valence-corrected chi connectivity index (χ2v) is 3.25. The lowest BCUT2D eigenvalue weighted by atomic mass is 10.3. The van der Waals surface area contributed by atoms with E-state index in [4.69, 9.17) is 5.26 Å². The van der Waals surface area contributed by atoms with E-state index in [0.717, 1.165) is 32.0 Å². The fourth-order valence-corrected chi connectivity index (χ4v) is 1.53. The van der Waals surface area contributed by atoms with Crippen LogP contribution >= 0.6 is 24.8 Å². The Kier molecular flexibility index (Phi) is 6.82. The number of hydrogen-bond donors (Lipinski definition) is 1. The van der Waals surface area contributed by atoms with Crippen LogP contribution in [0, 0.1) is 11.3 Å². The van der Waals surface area contributed by atoms with Gasteiger partial charge in [0.2, 0.25) is 0 Å². The van der Waals surface area contributed by atoms with Gasteiger partial charge in [0.05, 0.1) is 5.56 Å². The standard InChI is InChI=1S/C10H12N4.2ClH/c11-7-9-1-2-10(13-8-9)14-5-3-12-4-6-14;;/h1-2,8,12H,3-6H2;2*1H. The van der Waals surface area contributed by atoms with Gasteiger partial charge in [-0.25, -0.2) is 4.98 Å². The average molecular weight is 261 g/mol. The minimum Gasteiger partial charge on any atom is -0.354 e.